The van der Waals surface area contributed by atoms with Crippen LogP contribution in [0.3, 0.4) is 0 Å². The van der Waals surface area contributed by atoms with E-state index in [9.17, 15) is 0 Å². The quantitative estimate of drug-likeness (QED) is 0.810. The SMILES string of the molecule is CN1CCCC(N(C)c2nccc(C(N)=S)n2)C1. The minimum atomic E-state index is 0.313. The highest BCUT2D eigenvalue weighted by Crippen LogP contribution is 2.17. The number of rotatable bonds is 3. The largest absolute Gasteiger partial charge is 0.388 e. The van der Waals surface area contributed by atoms with Crippen LogP contribution in [0.25, 0.3) is 0 Å². The van der Waals surface area contributed by atoms with Crippen LogP contribution in [-0.4, -0.2) is 53.1 Å². The lowest BCUT2D eigenvalue weighted by Crippen LogP contribution is -2.45. The predicted octanol–water partition coefficient (Wildman–Crippen LogP) is 0.641. The van der Waals surface area contributed by atoms with E-state index in [0.717, 1.165) is 13.1 Å². The van der Waals surface area contributed by atoms with Crippen LogP contribution in [0.2, 0.25) is 0 Å². The monoisotopic (exact) mass is 265 g/mol. The lowest BCUT2D eigenvalue weighted by molar-refractivity contribution is 0.247. The normalized spacial score (nSPS) is 20.7. The summed E-state index contributed by atoms with van der Waals surface area (Å²) in [6, 6.07) is 2.19. The van der Waals surface area contributed by atoms with Crippen molar-refractivity contribution in [2.24, 2.45) is 5.73 Å². The molecule has 1 fully saturated rings. The predicted molar refractivity (Wildman–Crippen MR) is 76.8 cm³/mol. The van der Waals surface area contributed by atoms with Crippen molar-refractivity contribution in [3.63, 3.8) is 0 Å². The van der Waals surface area contributed by atoms with E-state index < -0.39 is 0 Å². The second kappa shape index (κ2) is 5.58. The van der Waals surface area contributed by atoms with Gasteiger partial charge in [0.2, 0.25) is 5.95 Å². The molecule has 1 aromatic heterocycles. The Balaban J connectivity index is 2.14. The molecular formula is C12H19N5S. The summed E-state index contributed by atoms with van der Waals surface area (Å²) >= 11 is 4.94. The fourth-order valence-corrected chi connectivity index (χ4v) is 2.39. The molecule has 98 valence electrons. The Morgan fingerprint density at radius 2 is 2.39 bits per heavy atom. The first-order chi connectivity index (χ1) is 8.58. The molecule has 2 rings (SSSR count). The summed E-state index contributed by atoms with van der Waals surface area (Å²) in [6.07, 6.45) is 4.09. The van der Waals surface area contributed by atoms with Gasteiger partial charge >= 0.3 is 0 Å². The average Bonchev–Trinajstić information content (AvgIpc) is 2.38. The second-order valence-electron chi connectivity index (χ2n) is 4.78. The van der Waals surface area contributed by atoms with Crippen LogP contribution >= 0.6 is 12.2 Å². The fourth-order valence-electron chi connectivity index (χ4n) is 2.27. The smallest absolute Gasteiger partial charge is 0.225 e. The number of piperidine rings is 1. The highest BCUT2D eigenvalue weighted by Gasteiger charge is 2.22. The summed E-state index contributed by atoms with van der Waals surface area (Å²) < 4.78 is 0. The van der Waals surface area contributed by atoms with Crippen molar-refractivity contribution in [3.8, 4) is 0 Å². The number of aromatic nitrogens is 2. The van der Waals surface area contributed by atoms with E-state index in [1.165, 1.54) is 12.8 Å². The summed E-state index contributed by atoms with van der Waals surface area (Å²) in [5.74, 6) is 0.695. The number of likely N-dealkylation sites (N-methyl/N-ethyl adjacent to an activating group) is 2. The molecule has 2 heterocycles. The molecule has 1 saturated heterocycles. The van der Waals surface area contributed by atoms with Gasteiger partial charge in [-0.05, 0) is 32.5 Å². The number of likely N-dealkylation sites (tertiary alicyclic amines) is 1. The van der Waals surface area contributed by atoms with Crippen LogP contribution < -0.4 is 10.6 Å². The average molecular weight is 265 g/mol. The molecule has 1 atom stereocenters. The highest BCUT2D eigenvalue weighted by atomic mass is 32.1. The third kappa shape index (κ3) is 2.94. The number of nitrogens with two attached hydrogens (primary N) is 1. The van der Waals surface area contributed by atoms with Gasteiger partial charge in [-0.15, -0.1) is 0 Å². The third-order valence-electron chi connectivity index (χ3n) is 3.36. The van der Waals surface area contributed by atoms with Crippen LogP contribution in [-0.2, 0) is 0 Å². The van der Waals surface area contributed by atoms with E-state index in [1.54, 1.807) is 12.3 Å². The standard InChI is InChI=1S/C12H19N5S/c1-16-7-3-4-9(8-16)17(2)12-14-6-5-10(15-12)11(13)18/h5-6,9H,3-4,7-8H2,1-2H3,(H2,13,18). The number of nitrogens with zero attached hydrogens (tertiary/aromatic N) is 4. The van der Waals surface area contributed by atoms with Crippen molar-refractivity contribution in [3.05, 3.63) is 18.0 Å². The Morgan fingerprint density at radius 3 is 3.06 bits per heavy atom. The third-order valence-corrected chi connectivity index (χ3v) is 3.57. The molecule has 0 amide bonds. The molecule has 0 radical (unpaired) electrons. The first kappa shape index (κ1) is 13.2. The van der Waals surface area contributed by atoms with Gasteiger partial charge in [0, 0.05) is 25.8 Å². The van der Waals surface area contributed by atoms with Crippen molar-refractivity contribution >= 4 is 23.2 Å². The Hall–Kier alpha value is -1.27. The molecule has 0 aliphatic carbocycles. The molecular weight excluding hydrogens is 246 g/mol. The highest BCUT2D eigenvalue weighted by molar-refractivity contribution is 7.80. The maximum Gasteiger partial charge on any atom is 0.225 e. The molecule has 2 N–H and O–H groups in total. The van der Waals surface area contributed by atoms with Gasteiger partial charge in [-0.2, -0.15) is 0 Å². The number of hydrogen-bond donors (Lipinski definition) is 1. The molecule has 18 heavy (non-hydrogen) atoms. The van der Waals surface area contributed by atoms with Crippen LogP contribution in [0.5, 0.6) is 0 Å². The van der Waals surface area contributed by atoms with Crippen molar-refractivity contribution in [1.82, 2.24) is 14.9 Å². The molecule has 1 aliphatic rings. The van der Waals surface area contributed by atoms with E-state index >= 15 is 0 Å². The number of thiocarbonyl (C=S) groups is 1. The van der Waals surface area contributed by atoms with Crippen molar-refractivity contribution < 1.29 is 0 Å². The van der Waals surface area contributed by atoms with Gasteiger partial charge in [-0.25, -0.2) is 9.97 Å². The van der Waals surface area contributed by atoms with Gasteiger partial charge < -0.3 is 15.5 Å². The van der Waals surface area contributed by atoms with E-state index in [0.29, 0.717) is 22.7 Å². The van der Waals surface area contributed by atoms with Crippen LogP contribution in [0.1, 0.15) is 18.5 Å². The molecule has 5 nitrogen and oxygen atoms in total. The Labute approximate surface area is 113 Å². The molecule has 1 aliphatic heterocycles. The number of anilines is 1. The summed E-state index contributed by atoms with van der Waals surface area (Å²) in [5.41, 5.74) is 6.23. The first-order valence-electron chi connectivity index (χ1n) is 6.12. The zero-order valence-corrected chi connectivity index (χ0v) is 11.7. The van der Waals surface area contributed by atoms with Gasteiger partial charge in [-0.1, -0.05) is 12.2 Å². The van der Waals surface area contributed by atoms with E-state index in [-0.39, 0.29) is 0 Å². The molecule has 1 aromatic rings. The fraction of sp³-hybridized carbons (Fsp3) is 0.583. The van der Waals surface area contributed by atoms with Crippen LogP contribution in [0, 0.1) is 0 Å². The van der Waals surface area contributed by atoms with Gasteiger partial charge in [0.05, 0.1) is 0 Å². The lowest BCUT2D eigenvalue weighted by atomic mass is 10.1. The Morgan fingerprint density at radius 1 is 1.61 bits per heavy atom. The molecule has 1 unspecified atom stereocenters. The van der Waals surface area contributed by atoms with Crippen molar-refractivity contribution in [2.75, 3.05) is 32.1 Å². The summed E-state index contributed by atoms with van der Waals surface area (Å²) in [7, 11) is 4.18. The van der Waals surface area contributed by atoms with Gasteiger partial charge in [0.1, 0.15) is 10.7 Å². The van der Waals surface area contributed by atoms with Gasteiger partial charge in [0.15, 0.2) is 0 Å². The summed E-state index contributed by atoms with van der Waals surface area (Å²) in [4.78, 5) is 13.5. The maximum atomic E-state index is 5.60. The summed E-state index contributed by atoms with van der Waals surface area (Å²) in [5, 5.41) is 0. The van der Waals surface area contributed by atoms with Crippen molar-refractivity contribution in [2.45, 2.75) is 18.9 Å². The molecule has 0 saturated carbocycles. The molecule has 6 heteroatoms. The van der Waals surface area contributed by atoms with Crippen LogP contribution in [0.15, 0.2) is 12.3 Å². The molecule has 0 spiro atoms. The Bertz CT molecular complexity index is 436. The minimum absolute atomic E-state index is 0.313. The second-order valence-corrected chi connectivity index (χ2v) is 5.22. The lowest BCUT2D eigenvalue weighted by Gasteiger charge is -2.35. The number of hydrogen-bond acceptors (Lipinski definition) is 5. The maximum absolute atomic E-state index is 5.60. The van der Waals surface area contributed by atoms with E-state index in [1.807, 2.05) is 7.05 Å². The summed E-state index contributed by atoms with van der Waals surface area (Å²) in [6.45, 7) is 2.20. The minimum Gasteiger partial charge on any atom is -0.388 e. The van der Waals surface area contributed by atoms with E-state index in [4.69, 9.17) is 18.0 Å². The van der Waals surface area contributed by atoms with Crippen LogP contribution in [0.4, 0.5) is 5.95 Å². The zero-order chi connectivity index (χ0) is 13.1. The molecule has 0 bridgehead atoms. The van der Waals surface area contributed by atoms with E-state index in [2.05, 4.69) is 26.8 Å². The van der Waals surface area contributed by atoms with Gasteiger partial charge in [0.25, 0.3) is 0 Å². The molecule has 0 aromatic carbocycles. The zero-order valence-electron chi connectivity index (χ0n) is 10.8. The topological polar surface area (TPSA) is 58.3 Å². The first-order valence-corrected chi connectivity index (χ1v) is 6.53. The Kier molecular flexibility index (Phi) is 4.08. The van der Waals surface area contributed by atoms with Gasteiger partial charge in [-0.3, -0.25) is 0 Å². The van der Waals surface area contributed by atoms with Crippen molar-refractivity contribution in [1.29, 1.82) is 0 Å².